The summed E-state index contributed by atoms with van der Waals surface area (Å²) in [5.74, 6) is 2.08. The quantitative estimate of drug-likeness (QED) is 0.784. The van der Waals surface area contributed by atoms with Crippen LogP contribution in [-0.2, 0) is 4.74 Å². The number of rotatable bonds is 4. The van der Waals surface area contributed by atoms with Gasteiger partial charge >= 0.3 is 6.03 Å². The van der Waals surface area contributed by atoms with Crippen LogP contribution in [0.1, 0.15) is 12.8 Å². The third kappa shape index (κ3) is 3.93. The molecule has 0 aliphatic carbocycles. The molecule has 156 valence electrons. The SMILES string of the molecule is COc1cc2nc(N3CCN(C(=O)NC4CCCO4)CC3)nc(N)c2cc1OC. The highest BCUT2D eigenvalue weighted by Crippen LogP contribution is 2.34. The summed E-state index contributed by atoms with van der Waals surface area (Å²) in [6, 6.07) is 3.48. The van der Waals surface area contributed by atoms with Crippen molar-refractivity contribution < 1.29 is 19.0 Å². The fraction of sp³-hybridized carbons (Fsp3) is 0.526. The first-order valence-electron chi connectivity index (χ1n) is 9.70. The monoisotopic (exact) mass is 402 g/mol. The number of nitrogens with one attached hydrogen (secondary N) is 1. The lowest BCUT2D eigenvalue weighted by atomic mass is 10.2. The first-order valence-corrected chi connectivity index (χ1v) is 9.70. The molecule has 2 aromatic rings. The van der Waals surface area contributed by atoms with Crippen molar-refractivity contribution in [1.29, 1.82) is 0 Å². The molecule has 2 aliphatic heterocycles. The van der Waals surface area contributed by atoms with E-state index in [0.717, 1.165) is 12.8 Å². The Bertz CT molecular complexity index is 894. The van der Waals surface area contributed by atoms with E-state index in [1.165, 1.54) is 0 Å². The predicted molar refractivity (Wildman–Crippen MR) is 108 cm³/mol. The molecule has 0 saturated carbocycles. The van der Waals surface area contributed by atoms with E-state index in [2.05, 4.69) is 15.3 Å². The molecular weight excluding hydrogens is 376 g/mol. The molecule has 10 nitrogen and oxygen atoms in total. The summed E-state index contributed by atoms with van der Waals surface area (Å²) in [4.78, 5) is 25.3. The van der Waals surface area contributed by atoms with E-state index < -0.39 is 0 Å². The number of nitrogens with two attached hydrogens (primary N) is 1. The molecule has 1 aromatic heterocycles. The first kappa shape index (κ1) is 19.3. The number of urea groups is 1. The molecule has 0 bridgehead atoms. The van der Waals surface area contributed by atoms with E-state index in [0.29, 0.717) is 67.0 Å². The maximum atomic E-state index is 12.4. The van der Waals surface area contributed by atoms with Crippen molar-refractivity contribution >= 4 is 28.7 Å². The second-order valence-corrected chi connectivity index (χ2v) is 7.06. The Morgan fingerprint density at radius 3 is 2.55 bits per heavy atom. The molecule has 2 saturated heterocycles. The topological polar surface area (TPSA) is 115 Å². The van der Waals surface area contributed by atoms with Crippen molar-refractivity contribution in [3.05, 3.63) is 12.1 Å². The van der Waals surface area contributed by atoms with Gasteiger partial charge in [0.05, 0.1) is 19.7 Å². The van der Waals surface area contributed by atoms with Crippen molar-refractivity contribution in [1.82, 2.24) is 20.2 Å². The molecule has 1 aromatic carbocycles. The van der Waals surface area contributed by atoms with Crippen LogP contribution in [0.25, 0.3) is 10.9 Å². The fourth-order valence-corrected chi connectivity index (χ4v) is 3.64. The molecular formula is C19H26N6O4. The standard InChI is InChI=1S/C19H26N6O4/c1-27-14-10-12-13(11-15(14)28-2)21-18(23-17(12)20)24-5-7-25(8-6-24)19(26)22-16-4-3-9-29-16/h10-11,16H,3-9H2,1-2H3,(H,22,26)(H2,20,21,23). The minimum Gasteiger partial charge on any atom is -0.493 e. The van der Waals surface area contributed by atoms with Gasteiger partial charge in [-0.15, -0.1) is 0 Å². The van der Waals surface area contributed by atoms with Crippen molar-refractivity contribution in [3.63, 3.8) is 0 Å². The summed E-state index contributed by atoms with van der Waals surface area (Å²) < 4.78 is 16.2. The normalized spacial score (nSPS) is 19.4. The third-order valence-electron chi connectivity index (χ3n) is 5.28. The predicted octanol–water partition coefficient (Wildman–Crippen LogP) is 1.20. The number of carbonyl (C=O) groups excluding carboxylic acids is 1. The molecule has 10 heteroatoms. The fourth-order valence-electron chi connectivity index (χ4n) is 3.64. The zero-order valence-electron chi connectivity index (χ0n) is 16.7. The van der Waals surface area contributed by atoms with Crippen LogP contribution in [-0.4, -0.2) is 74.1 Å². The molecule has 1 atom stereocenters. The number of hydrogen-bond donors (Lipinski definition) is 2. The lowest BCUT2D eigenvalue weighted by Gasteiger charge is -2.35. The average Bonchev–Trinajstić information content (AvgIpc) is 3.25. The Balaban J connectivity index is 1.47. The summed E-state index contributed by atoms with van der Waals surface area (Å²) in [5.41, 5.74) is 6.87. The highest BCUT2D eigenvalue weighted by molar-refractivity contribution is 5.91. The number of hydrogen-bond acceptors (Lipinski definition) is 8. The third-order valence-corrected chi connectivity index (χ3v) is 5.28. The molecule has 2 amide bonds. The van der Waals surface area contributed by atoms with Gasteiger partial charge in [-0.2, -0.15) is 4.98 Å². The number of amides is 2. The van der Waals surface area contributed by atoms with Gasteiger partial charge in [-0.25, -0.2) is 9.78 Å². The number of fused-ring (bicyclic) bond motifs is 1. The number of nitrogens with zero attached hydrogens (tertiary/aromatic N) is 4. The lowest BCUT2D eigenvalue weighted by Crippen LogP contribution is -2.53. The van der Waals surface area contributed by atoms with Crippen molar-refractivity contribution in [3.8, 4) is 11.5 Å². The van der Waals surface area contributed by atoms with E-state index in [1.54, 1.807) is 31.3 Å². The summed E-state index contributed by atoms with van der Waals surface area (Å²) in [5, 5.41) is 3.64. The molecule has 2 aliphatic rings. The van der Waals surface area contributed by atoms with E-state index in [4.69, 9.17) is 19.9 Å². The smallest absolute Gasteiger partial charge is 0.319 e. The number of benzene rings is 1. The number of anilines is 2. The van der Waals surface area contributed by atoms with Gasteiger partial charge in [0.25, 0.3) is 0 Å². The number of carbonyl (C=O) groups is 1. The van der Waals surface area contributed by atoms with Crippen molar-refractivity contribution in [2.45, 2.75) is 19.1 Å². The second kappa shape index (κ2) is 8.16. The van der Waals surface area contributed by atoms with Crippen molar-refractivity contribution in [2.75, 3.05) is 57.6 Å². The largest absolute Gasteiger partial charge is 0.493 e. The molecule has 29 heavy (non-hydrogen) atoms. The van der Waals surface area contributed by atoms with Crippen LogP contribution in [0.4, 0.5) is 16.6 Å². The van der Waals surface area contributed by atoms with Crippen LogP contribution < -0.4 is 25.4 Å². The molecule has 2 fully saturated rings. The second-order valence-electron chi connectivity index (χ2n) is 7.06. The zero-order valence-corrected chi connectivity index (χ0v) is 16.7. The van der Waals surface area contributed by atoms with Crippen LogP contribution in [0.15, 0.2) is 12.1 Å². The Morgan fingerprint density at radius 1 is 1.17 bits per heavy atom. The molecule has 0 radical (unpaired) electrons. The van der Waals surface area contributed by atoms with E-state index >= 15 is 0 Å². The summed E-state index contributed by atoms with van der Waals surface area (Å²) in [7, 11) is 3.15. The number of ether oxygens (including phenoxy) is 3. The van der Waals surface area contributed by atoms with E-state index in [9.17, 15) is 4.79 Å². The van der Waals surface area contributed by atoms with Gasteiger partial charge in [0.1, 0.15) is 12.0 Å². The van der Waals surface area contributed by atoms with Gasteiger partial charge in [-0.05, 0) is 18.9 Å². The van der Waals surface area contributed by atoms with Gasteiger partial charge in [-0.3, -0.25) is 0 Å². The minimum absolute atomic E-state index is 0.0904. The summed E-state index contributed by atoms with van der Waals surface area (Å²) in [6.07, 6.45) is 1.68. The lowest BCUT2D eigenvalue weighted by molar-refractivity contribution is 0.0831. The van der Waals surface area contributed by atoms with Crippen LogP contribution in [0, 0.1) is 0 Å². The van der Waals surface area contributed by atoms with Crippen LogP contribution in [0.3, 0.4) is 0 Å². The maximum absolute atomic E-state index is 12.4. The number of methoxy groups -OCH3 is 2. The highest BCUT2D eigenvalue weighted by Gasteiger charge is 2.26. The average molecular weight is 402 g/mol. The van der Waals surface area contributed by atoms with E-state index in [-0.39, 0.29) is 12.3 Å². The maximum Gasteiger partial charge on any atom is 0.319 e. The Kier molecular flexibility index (Phi) is 5.43. The van der Waals surface area contributed by atoms with Gasteiger partial charge in [0.2, 0.25) is 5.95 Å². The van der Waals surface area contributed by atoms with Gasteiger partial charge < -0.3 is 35.1 Å². The number of aromatic nitrogens is 2. The van der Waals surface area contributed by atoms with Crippen LogP contribution in [0.2, 0.25) is 0 Å². The Morgan fingerprint density at radius 2 is 1.90 bits per heavy atom. The van der Waals surface area contributed by atoms with Gasteiger partial charge in [0, 0.05) is 44.2 Å². The first-order chi connectivity index (χ1) is 14.1. The highest BCUT2D eigenvalue weighted by atomic mass is 16.5. The zero-order chi connectivity index (χ0) is 20.4. The molecule has 3 heterocycles. The summed E-state index contributed by atoms with van der Waals surface area (Å²) in [6.45, 7) is 3.10. The molecule has 0 spiro atoms. The van der Waals surface area contributed by atoms with Crippen LogP contribution >= 0.6 is 0 Å². The Hall–Kier alpha value is -3.01. The number of piperazine rings is 1. The van der Waals surface area contributed by atoms with Gasteiger partial charge in [0.15, 0.2) is 11.5 Å². The minimum atomic E-state index is -0.170. The molecule has 4 rings (SSSR count). The molecule has 1 unspecified atom stereocenters. The van der Waals surface area contributed by atoms with Crippen LogP contribution in [0.5, 0.6) is 11.5 Å². The molecule has 3 N–H and O–H groups in total. The number of nitrogen functional groups attached to an aromatic ring is 1. The van der Waals surface area contributed by atoms with E-state index in [1.807, 2.05) is 4.90 Å². The van der Waals surface area contributed by atoms with Crippen molar-refractivity contribution in [2.24, 2.45) is 0 Å². The summed E-state index contributed by atoms with van der Waals surface area (Å²) >= 11 is 0. The van der Waals surface area contributed by atoms with Gasteiger partial charge in [-0.1, -0.05) is 0 Å². The Labute approximate surface area is 168 Å².